The summed E-state index contributed by atoms with van der Waals surface area (Å²) in [6, 6.07) is 1.98. The molecule has 0 aromatic heterocycles. The van der Waals surface area contributed by atoms with E-state index in [2.05, 4.69) is 11.8 Å². The van der Waals surface area contributed by atoms with Crippen molar-refractivity contribution in [3.05, 3.63) is 44.0 Å². The van der Waals surface area contributed by atoms with Crippen LogP contribution >= 0.6 is 11.6 Å². The van der Waals surface area contributed by atoms with E-state index < -0.39 is 33.2 Å². The molecule has 0 unspecified atom stereocenters. The lowest BCUT2D eigenvalue weighted by molar-refractivity contribution is -0.394. The number of nitrogens with two attached hydrogens (primary N) is 1. The standard InChI is InChI=1S/C13H12ClN3O6/c14-4-2-1-3-12(15)13(18)23-8-9-5-10(16(19)20)7-11(6-9)17(21)22/h5-7,12H,3-4,8,15H2/t12-/m0/s1. The average molecular weight is 342 g/mol. The van der Waals surface area contributed by atoms with Gasteiger partial charge in [-0.25, -0.2) is 0 Å². The van der Waals surface area contributed by atoms with Crippen molar-refractivity contribution < 1.29 is 19.4 Å². The Morgan fingerprint density at radius 1 is 1.22 bits per heavy atom. The second-order valence-electron chi connectivity index (χ2n) is 4.28. The molecule has 1 atom stereocenters. The first kappa shape index (κ1) is 18.3. The fourth-order valence-electron chi connectivity index (χ4n) is 1.52. The van der Waals surface area contributed by atoms with Gasteiger partial charge in [0.05, 0.1) is 21.8 Å². The summed E-state index contributed by atoms with van der Waals surface area (Å²) in [5.41, 5.74) is 4.71. The first-order valence-electron chi connectivity index (χ1n) is 6.21. The third kappa shape index (κ3) is 5.90. The first-order valence-corrected chi connectivity index (χ1v) is 6.75. The SMILES string of the molecule is N[C@@H](CC#CCCl)C(=O)OCc1cc([N+](=O)[O-])cc([N+](=O)[O-])c1. The molecule has 0 saturated carbocycles. The molecule has 0 aliphatic carbocycles. The minimum Gasteiger partial charge on any atom is -0.460 e. The zero-order chi connectivity index (χ0) is 17.4. The van der Waals surface area contributed by atoms with Crippen molar-refractivity contribution in [2.45, 2.75) is 19.1 Å². The molecule has 0 radical (unpaired) electrons. The van der Waals surface area contributed by atoms with Gasteiger partial charge in [0, 0.05) is 24.1 Å². The van der Waals surface area contributed by atoms with Gasteiger partial charge in [0.25, 0.3) is 11.4 Å². The number of nitro groups is 2. The molecule has 0 aliphatic rings. The molecule has 0 bridgehead atoms. The average Bonchev–Trinajstić information content (AvgIpc) is 2.52. The summed E-state index contributed by atoms with van der Waals surface area (Å²) in [7, 11) is 0. The van der Waals surface area contributed by atoms with E-state index in [0.717, 1.165) is 18.2 Å². The molecular weight excluding hydrogens is 330 g/mol. The normalized spacial score (nSPS) is 11.0. The lowest BCUT2D eigenvalue weighted by atomic mass is 10.2. The summed E-state index contributed by atoms with van der Waals surface area (Å²) in [6.07, 6.45) is 0.0423. The van der Waals surface area contributed by atoms with E-state index in [9.17, 15) is 25.0 Å². The molecule has 23 heavy (non-hydrogen) atoms. The minimum absolute atomic E-state index is 0.0423. The fraction of sp³-hybridized carbons (Fsp3) is 0.308. The van der Waals surface area contributed by atoms with Crippen LogP contribution in [-0.2, 0) is 16.1 Å². The molecule has 0 amide bonds. The van der Waals surface area contributed by atoms with Gasteiger partial charge in [-0.1, -0.05) is 11.8 Å². The fourth-order valence-corrected chi connectivity index (χ4v) is 1.62. The van der Waals surface area contributed by atoms with Crippen LogP contribution in [-0.4, -0.2) is 27.7 Å². The van der Waals surface area contributed by atoms with Crippen molar-refractivity contribution in [3.63, 3.8) is 0 Å². The molecule has 0 fully saturated rings. The molecule has 9 nitrogen and oxygen atoms in total. The third-order valence-electron chi connectivity index (χ3n) is 2.58. The van der Waals surface area contributed by atoms with Crippen LogP contribution in [0, 0.1) is 32.1 Å². The van der Waals surface area contributed by atoms with Gasteiger partial charge in [0.1, 0.15) is 12.6 Å². The number of non-ortho nitro benzene ring substituents is 2. The number of carbonyl (C=O) groups is 1. The van der Waals surface area contributed by atoms with Gasteiger partial charge in [-0.2, -0.15) is 0 Å². The van der Waals surface area contributed by atoms with Crippen molar-refractivity contribution in [3.8, 4) is 11.8 Å². The quantitative estimate of drug-likeness (QED) is 0.272. The van der Waals surface area contributed by atoms with Crippen LogP contribution in [0.4, 0.5) is 11.4 Å². The molecule has 0 spiro atoms. The van der Waals surface area contributed by atoms with Crippen LogP contribution < -0.4 is 5.73 Å². The monoisotopic (exact) mass is 341 g/mol. The van der Waals surface area contributed by atoms with Crippen LogP contribution in [0.25, 0.3) is 0 Å². The number of ether oxygens (including phenoxy) is 1. The second-order valence-corrected chi connectivity index (χ2v) is 4.54. The summed E-state index contributed by atoms with van der Waals surface area (Å²) >= 11 is 5.35. The topological polar surface area (TPSA) is 139 Å². The number of alkyl halides is 1. The number of esters is 1. The summed E-state index contributed by atoms with van der Waals surface area (Å²) in [6.45, 7) is -0.377. The molecule has 0 heterocycles. The Morgan fingerprint density at radius 3 is 2.26 bits per heavy atom. The van der Waals surface area contributed by atoms with Gasteiger partial charge < -0.3 is 10.5 Å². The summed E-state index contributed by atoms with van der Waals surface area (Å²) in [4.78, 5) is 31.6. The Kier molecular flexibility index (Phi) is 6.92. The maximum atomic E-state index is 11.6. The zero-order valence-electron chi connectivity index (χ0n) is 11.7. The van der Waals surface area contributed by atoms with Crippen LogP contribution in [0.15, 0.2) is 18.2 Å². The van der Waals surface area contributed by atoms with Gasteiger partial charge in [0.15, 0.2) is 0 Å². The van der Waals surface area contributed by atoms with Gasteiger partial charge in [0.2, 0.25) is 0 Å². The molecule has 122 valence electrons. The molecule has 2 N–H and O–H groups in total. The van der Waals surface area contributed by atoms with Crippen molar-refractivity contribution in [1.29, 1.82) is 0 Å². The van der Waals surface area contributed by atoms with Crippen LogP contribution in [0.1, 0.15) is 12.0 Å². The molecule has 0 saturated heterocycles. The molecule has 10 heteroatoms. The van der Waals surface area contributed by atoms with Crippen LogP contribution in [0.2, 0.25) is 0 Å². The number of hydrogen-bond acceptors (Lipinski definition) is 7. The van der Waals surface area contributed by atoms with E-state index >= 15 is 0 Å². The number of nitro benzene ring substituents is 2. The summed E-state index contributed by atoms with van der Waals surface area (Å²) < 4.78 is 4.88. The third-order valence-corrected chi connectivity index (χ3v) is 2.72. The molecule has 1 rings (SSSR count). The minimum atomic E-state index is -1.00. The number of halogens is 1. The summed E-state index contributed by atoms with van der Waals surface area (Å²) in [5, 5.41) is 21.5. The first-order chi connectivity index (χ1) is 10.8. The second kappa shape index (κ2) is 8.67. The smallest absolute Gasteiger partial charge is 0.324 e. The highest BCUT2D eigenvalue weighted by molar-refractivity contribution is 6.19. The van der Waals surface area contributed by atoms with Gasteiger partial charge in [-0.05, 0) is 0 Å². The Hall–Kier alpha value is -2.70. The number of benzene rings is 1. The van der Waals surface area contributed by atoms with Gasteiger partial charge in [-0.15, -0.1) is 11.6 Å². The van der Waals surface area contributed by atoms with E-state index in [1.165, 1.54) is 0 Å². The van der Waals surface area contributed by atoms with E-state index in [1.54, 1.807) is 0 Å². The molecule has 0 aliphatic heterocycles. The highest BCUT2D eigenvalue weighted by atomic mass is 35.5. The Bertz CT molecular complexity index is 650. The predicted octanol–water partition coefficient (Wildman–Crippen LogP) is 1.51. The number of nitrogens with zero attached hydrogens (tertiary/aromatic N) is 2. The number of hydrogen-bond donors (Lipinski definition) is 1. The zero-order valence-corrected chi connectivity index (χ0v) is 12.5. The van der Waals surface area contributed by atoms with E-state index in [0.29, 0.717) is 0 Å². The predicted molar refractivity (Wildman–Crippen MR) is 80.6 cm³/mol. The Balaban J connectivity index is 2.78. The largest absolute Gasteiger partial charge is 0.460 e. The Morgan fingerprint density at radius 2 is 1.78 bits per heavy atom. The number of rotatable bonds is 6. The highest BCUT2D eigenvalue weighted by Crippen LogP contribution is 2.23. The van der Waals surface area contributed by atoms with E-state index in [1.807, 2.05) is 0 Å². The number of carbonyl (C=O) groups excluding carboxylic acids is 1. The lowest BCUT2D eigenvalue weighted by Gasteiger charge is -2.09. The van der Waals surface area contributed by atoms with Crippen molar-refractivity contribution in [2.75, 3.05) is 5.88 Å². The van der Waals surface area contributed by atoms with Crippen molar-refractivity contribution >= 4 is 28.9 Å². The maximum Gasteiger partial charge on any atom is 0.324 e. The maximum absolute atomic E-state index is 11.6. The van der Waals surface area contributed by atoms with E-state index in [-0.39, 0.29) is 24.5 Å². The van der Waals surface area contributed by atoms with Crippen LogP contribution in [0.5, 0.6) is 0 Å². The van der Waals surface area contributed by atoms with Gasteiger partial charge in [-0.3, -0.25) is 25.0 Å². The lowest BCUT2D eigenvalue weighted by Crippen LogP contribution is -2.31. The Labute approximate surface area is 135 Å². The molecule has 1 aromatic rings. The van der Waals surface area contributed by atoms with Crippen LogP contribution in [0.3, 0.4) is 0 Å². The summed E-state index contributed by atoms with van der Waals surface area (Å²) in [5.74, 6) is 4.44. The highest BCUT2D eigenvalue weighted by Gasteiger charge is 2.18. The molecule has 1 aromatic carbocycles. The van der Waals surface area contributed by atoms with Gasteiger partial charge >= 0.3 is 5.97 Å². The molecular formula is C13H12ClN3O6. The van der Waals surface area contributed by atoms with E-state index in [4.69, 9.17) is 22.1 Å². The van der Waals surface area contributed by atoms with Crippen molar-refractivity contribution in [1.82, 2.24) is 0 Å². The van der Waals surface area contributed by atoms with Crippen molar-refractivity contribution in [2.24, 2.45) is 5.73 Å².